The SMILES string of the molecule is CN(C)c1cc(OC2CC2)c(C=O)cn1. The van der Waals surface area contributed by atoms with Gasteiger partial charge >= 0.3 is 0 Å². The summed E-state index contributed by atoms with van der Waals surface area (Å²) in [7, 11) is 3.81. The standard InChI is InChI=1S/C11H14N2O2/c1-13(2)11-5-10(15-9-3-4-9)8(7-14)6-12-11/h5-7,9H,3-4H2,1-2H3. The molecule has 1 aromatic heterocycles. The maximum Gasteiger partial charge on any atom is 0.155 e. The van der Waals surface area contributed by atoms with Crippen LogP contribution in [0.15, 0.2) is 12.3 Å². The zero-order valence-electron chi connectivity index (χ0n) is 8.93. The van der Waals surface area contributed by atoms with E-state index in [9.17, 15) is 4.79 Å². The summed E-state index contributed by atoms with van der Waals surface area (Å²) in [4.78, 5) is 16.8. The van der Waals surface area contributed by atoms with Crippen LogP contribution >= 0.6 is 0 Å². The zero-order chi connectivity index (χ0) is 10.8. The van der Waals surface area contributed by atoms with Crippen molar-refractivity contribution in [2.24, 2.45) is 0 Å². The van der Waals surface area contributed by atoms with Gasteiger partial charge in [-0.2, -0.15) is 0 Å². The molecule has 4 heteroatoms. The molecule has 1 heterocycles. The number of anilines is 1. The molecular weight excluding hydrogens is 192 g/mol. The van der Waals surface area contributed by atoms with Crippen LogP contribution in [0, 0.1) is 0 Å². The lowest BCUT2D eigenvalue weighted by Crippen LogP contribution is -2.11. The lowest BCUT2D eigenvalue weighted by molar-refractivity contribution is 0.111. The summed E-state index contributed by atoms with van der Waals surface area (Å²) >= 11 is 0. The first-order valence-electron chi connectivity index (χ1n) is 5.00. The molecule has 0 unspecified atom stereocenters. The van der Waals surface area contributed by atoms with Crippen molar-refractivity contribution in [1.82, 2.24) is 4.98 Å². The van der Waals surface area contributed by atoms with E-state index in [1.54, 1.807) is 6.20 Å². The number of aldehydes is 1. The van der Waals surface area contributed by atoms with Crippen LogP contribution in [0.1, 0.15) is 23.2 Å². The molecule has 0 N–H and O–H groups in total. The van der Waals surface area contributed by atoms with Crippen LogP contribution in [-0.4, -0.2) is 31.5 Å². The smallest absolute Gasteiger partial charge is 0.155 e. The Balaban J connectivity index is 2.28. The molecule has 2 rings (SSSR count). The van der Waals surface area contributed by atoms with Gasteiger partial charge < -0.3 is 9.64 Å². The highest BCUT2D eigenvalue weighted by Crippen LogP contribution is 2.29. The van der Waals surface area contributed by atoms with Crippen LogP contribution in [0.25, 0.3) is 0 Å². The highest BCUT2D eigenvalue weighted by atomic mass is 16.5. The third-order valence-electron chi connectivity index (χ3n) is 2.28. The molecule has 0 atom stereocenters. The van der Waals surface area contributed by atoms with Gasteiger partial charge in [-0.15, -0.1) is 0 Å². The van der Waals surface area contributed by atoms with Crippen LogP contribution in [0.2, 0.25) is 0 Å². The molecule has 0 aromatic carbocycles. The van der Waals surface area contributed by atoms with Gasteiger partial charge in [-0.3, -0.25) is 4.79 Å². The number of rotatable bonds is 4. The quantitative estimate of drug-likeness (QED) is 0.700. The molecule has 1 aliphatic rings. The summed E-state index contributed by atoms with van der Waals surface area (Å²) in [6.45, 7) is 0. The number of aromatic nitrogens is 1. The predicted molar refractivity (Wildman–Crippen MR) is 57.6 cm³/mol. The highest BCUT2D eigenvalue weighted by Gasteiger charge is 2.24. The molecular formula is C11H14N2O2. The Labute approximate surface area is 88.9 Å². The van der Waals surface area contributed by atoms with Crippen LogP contribution in [0.4, 0.5) is 5.82 Å². The van der Waals surface area contributed by atoms with Crippen molar-refractivity contribution in [3.63, 3.8) is 0 Å². The average Bonchev–Trinajstić information content (AvgIpc) is 3.01. The second-order valence-corrected chi connectivity index (χ2v) is 3.91. The van der Waals surface area contributed by atoms with Gasteiger partial charge in [-0.05, 0) is 12.8 Å². The molecule has 1 saturated carbocycles. The Morgan fingerprint density at radius 1 is 1.53 bits per heavy atom. The lowest BCUT2D eigenvalue weighted by atomic mass is 10.2. The topological polar surface area (TPSA) is 42.4 Å². The van der Waals surface area contributed by atoms with E-state index in [0.717, 1.165) is 24.9 Å². The first-order valence-corrected chi connectivity index (χ1v) is 5.00. The van der Waals surface area contributed by atoms with Gasteiger partial charge in [0.2, 0.25) is 0 Å². The van der Waals surface area contributed by atoms with Crippen LogP contribution in [0.3, 0.4) is 0 Å². The van der Waals surface area contributed by atoms with E-state index in [4.69, 9.17) is 4.74 Å². The molecule has 0 bridgehead atoms. The molecule has 0 aliphatic heterocycles. The van der Waals surface area contributed by atoms with Crippen molar-refractivity contribution in [3.05, 3.63) is 17.8 Å². The first-order chi connectivity index (χ1) is 7.20. The molecule has 4 nitrogen and oxygen atoms in total. The van der Waals surface area contributed by atoms with Crippen molar-refractivity contribution >= 4 is 12.1 Å². The molecule has 0 amide bonds. The zero-order valence-corrected chi connectivity index (χ0v) is 8.93. The third-order valence-corrected chi connectivity index (χ3v) is 2.28. The Hall–Kier alpha value is -1.58. The number of hydrogen-bond donors (Lipinski definition) is 0. The van der Waals surface area contributed by atoms with Crippen molar-refractivity contribution < 1.29 is 9.53 Å². The fourth-order valence-electron chi connectivity index (χ4n) is 1.24. The molecule has 1 aliphatic carbocycles. The number of ether oxygens (including phenoxy) is 1. The first kappa shape index (κ1) is 9.96. The maximum atomic E-state index is 10.8. The van der Waals surface area contributed by atoms with Crippen molar-refractivity contribution in [2.75, 3.05) is 19.0 Å². The molecule has 80 valence electrons. The van der Waals surface area contributed by atoms with Crippen molar-refractivity contribution in [2.45, 2.75) is 18.9 Å². The second-order valence-electron chi connectivity index (χ2n) is 3.91. The van der Waals surface area contributed by atoms with E-state index in [0.29, 0.717) is 17.4 Å². The van der Waals surface area contributed by atoms with Crippen LogP contribution < -0.4 is 9.64 Å². The summed E-state index contributed by atoms with van der Waals surface area (Å²) in [5.41, 5.74) is 0.521. The Morgan fingerprint density at radius 2 is 2.27 bits per heavy atom. The van der Waals surface area contributed by atoms with E-state index in [2.05, 4.69) is 4.98 Å². The molecule has 0 saturated heterocycles. The summed E-state index contributed by atoms with van der Waals surface area (Å²) in [5.74, 6) is 1.45. The fraction of sp³-hybridized carbons (Fsp3) is 0.455. The minimum atomic E-state index is 0.293. The Morgan fingerprint density at radius 3 is 2.80 bits per heavy atom. The van der Waals surface area contributed by atoms with Gasteiger partial charge in [0, 0.05) is 26.4 Å². The number of hydrogen-bond acceptors (Lipinski definition) is 4. The number of nitrogens with zero attached hydrogens (tertiary/aromatic N) is 2. The normalized spacial score (nSPS) is 14.8. The molecule has 0 radical (unpaired) electrons. The number of carbonyl (C=O) groups is 1. The van der Waals surface area contributed by atoms with Crippen molar-refractivity contribution in [3.8, 4) is 5.75 Å². The van der Waals surface area contributed by atoms with E-state index < -0.39 is 0 Å². The second kappa shape index (κ2) is 3.88. The summed E-state index contributed by atoms with van der Waals surface area (Å²) < 4.78 is 5.64. The number of pyridine rings is 1. The Bertz CT molecular complexity index is 373. The number of carbonyl (C=O) groups excluding carboxylic acids is 1. The van der Waals surface area contributed by atoms with Crippen molar-refractivity contribution in [1.29, 1.82) is 0 Å². The third kappa shape index (κ3) is 2.26. The monoisotopic (exact) mass is 206 g/mol. The van der Waals surface area contributed by atoms with E-state index >= 15 is 0 Å². The highest BCUT2D eigenvalue weighted by molar-refractivity contribution is 5.79. The van der Waals surface area contributed by atoms with Gasteiger partial charge in [0.25, 0.3) is 0 Å². The van der Waals surface area contributed by atoms with Crippen LogP contribution in [-0.2, 0) is 0 Å². The van der Waals surface area contributed by atoms with Gasteiger partial charge in [0.05, 0.1) is 11.7 Å². The molecule has 15 heavy (non-hydrogen) atoms. The van der Waals surface area contributed by atoms with Crippen LogP contribution in [0.5, 0.6) is 5.75 Å². The van der Waals surface area contributed by atoms with E-state index in [1.165, 1.54) is 0 Å². The summed E-state index contributed by atoms with van der Waals surface area (Å²) in [6, 6.07) is 1.81. The lowest BCUT2D eigenvalue weighted by Gasteiger charge is -2.14. The maximum absolute atomic E-state index is 10.8. The van der Waals surface area contributed by atoms with E-state index in [1.807, 2.05) is 25.1 Å². The van der Waals surface area contributed by atoms with Gasteiger partial charge in [0.1, 0.15) is 11.6 Å². The fourth-order valence-corrected chi connectivity index (χ4v) is 1.24. The predicted octanol–water partition coefficient (Wildman–Crippen LogP) is 1.50. The average molecular weight is 206 g/mol. The molecule has 1 fully saturated rings. The van der Waals surface area contributed by atoms with Gasteiger partial charge in [0.15, 0.2) is 6.29 Å². The largest absolute Gasteiger partial charge is 0.489 e. The summed E-state index contributed by atoms with van der Waals surface area (Å²) in [6.07, 6.45) is 4.79. The minimum Gasteiger partial charge on any atom is -0.489 e. The molecule has 1 aromatic rings. The van der Waals surface area contributed by atoms with Gasteiger partial charge in [-0.25, -0.2) is 4.98 Å². The van der Waals surface area contributed by atoms with E-state index in [-0.39, 0.29) is 0 Å². The minimum absolute atomic E-state index is 0.293. The van der Waals surface area contributed by atoms with Gasteiger partial charge in [-0.1, -0.05) is 0 Å². The molecule has 0 spiro atoms. The summed E-state index contributed by atoms with van der Waals surface area (Å²) in [5, 5.41) is 0. The Kier molecular flexibility index (Phi) is 2.58.